The van der Waals surface area contributed by atoms with Crippen molar-refractivity contribution < 1.29 is 0 Å². The number of hydrogen-bond acceptors (Lipinski definition) is 1. The SMILES string of the molecule is CCC1(CNC2CCCC2(C)C)CC1. The topological polar surface area (TPSA) is 12.0 Å². The van der Waals surface area contributed by atoms with E-state index in [9.17, 15) is 0 Å². The van der Waals surface area contributed by atoms with Crippen molar-refractivity contribution in [1.82, 2.24) is 5.32 Å². The average molecular weight is 195 g/mol. The Bertz CT molecular complexity index is 203. The van der Waals surface area contributed by atoms with Gasteiger partial charge in [-0.15, -0.1) is 0 Å². The molecule has 1 nitrogen and oxygen atoms in total. The van der Waals surface area contributed by atoms with E-state index in [1.165, 1.54) is 45.1 Å². The van der Waals surface area contributed by atoms with Gasteiger partial charge in [0.15, 0.2) is 0 Å². The molecule has 0 saturated heterocycles. The highest BCUT2D eigenvalue weighted by atomic mass is 15.0. The Morgan fingerprint density at radius 1 is 1.21 bits per heavy atom. The third-order valence-electron chi connectivity index (χ3n) is 4.69. The Labute approximate surface area is 88.7 Å². The van der Waals surface area contributed by atoms with Gasteiger partial charge in [-0.25, -0.2) is 0 Å². The second-order valence-electron chi connectivity index (χ2n) is 6.17. The lowest BCUT2D eigenvalue weighted by molar-refractivity contribution is 0.265. The van der Waals surface area contributed by atoms with Gasteiger partial charge >= 0.3 is 0 Å². The van der Waals surface area contributed by atoms with E-state index >= 15 is 0 Å². The molecular weight excluding hydrogens is 170 g/mol. The maximum absolute atomic E-state index is 3.83. The molecule has 1 atom stereocenters. The van der Waals surface area contributed by atoms with Gasteiger partial charge < -0.3 is 5.32 Å². The Kier molecular flexibility index (Phi) is 2.63. The van der Waals surface area contributed by atoms with Crippen molar-refractivity contribution in [2.45, 2.75) is 65.3 Å². The van der Waals surface area contributed by atoms with Gasteiger partial charge in [0, 0.05) is 12.6 Å². The zero-order chi connectivity index (χ0) is 10.2. The first-order valence-corrected chi connectivity index (χ1v) is 6.31. The van der Waals surface area contributed by atoms with E-state index in [4.69, 9.17) is 0 Å². The first kappa shape index (κ1) is 10.5. The van der Waals surface area contributed by atoms with Crippen LogP contribution in [0.25, 0.3) is 0 Å². The van der Waals surface area contributed by atoms with Gasteiger partial charge in [-0.2, -0.15) is 0 Å². The molecule has 0 radical (unpaired) electrons. The molecule has 1 unspecified atom stereocenters. The average Bonchev–Trinajstić information content (AvgIpc) is 2.84. The minimum absolute atomic E-state index is 0.545. The molecule has 0 aromatic rings. The largest absolute Gasteiger partial charge is 0.313 e. The van der Waals surface area contributed by atoms with Crippen LogP contribution >= 0.6 is 0 Å². The molecule has 1 N–H and O–H groups in total. The van der Waals surface area contributed by atoms with Gasteiger partial charge in [0.1, 0.15) is 0 Å². The van der Waals surface area contributed by atoms with Gasteiger partial charge in [-0.3, -0.25) is 0 Å². The highest BCUT2D eigenvalue weighted by molar-refractivity contribution is 4.97. The zero-order valence-electron chi connectivity index (χ0n) is 10.0. The normalized spacial score (nSPS) is 33.2. The van der Waals surface area contributed by atoms with Crippen molar-refractivity contribution in [2.75, 3.05) is 6.54 Å². The van der Waals surface area contributed by atoms with E-state index in [1.54, 1.807) is 0 Å². The molecule has 2 saturated carbocycles. The van der Waals surface area contributed by atoms with Crippen LogP contribution < -0.4 is 5.32 Å². The van der Waals surface area contributed by atoms with Crippen LogP contribution in [0.3, 0.4) is 0 Å². The minimum atomic E-state index is 0.545. The van der Waals surface area contributed by atoms with Crippen molar-refractivity contribution in [2.24, 2.45) is 10.8 Å². The summed E-state index contributed by atoms with van der Waals surface area (Å²) in [7, 11) is 0. The molecule has 0 aliphatic heterocycles. The lowest BCUT2D eigenvalue weighted by Crippen LogP contribution is -2.40. The summed E-state index contributed by atoms with van der Waals surface area (Å²) in [6, 6.07) is 0.784. The van der Waals surface area contributed by atoms with Gasteiger partial charge in [-0.1, -0.05) is 27.2 Å². The summed E-state index contributed by atoms with van der Waals surface area (Å²) in [6.45, 7) is 8.46. The summed E-state index contributed by atoms with van der Waals surface area (Å²) in [4.78, 5) is 0. The molecule has 14 heavy (non-hydrogen) atoms. The van der Waals surface area contributed by atoms with E-state index in [0.29, 0.717) is 10.8 Å². The Morgan fingerprint density at radius 3 is 2.36 bits per heavy atom. The molecule has 1 heteroatoms. The number of nitrogens with one attached hydrogen (secondary N) is 1. The fraction of sp³-hybridized carbons (Fsp3) is 1.00. The molecule has 2 aliphatic rings. The highest BCUT2D eigenvalue weighted by Crippen LogP contribution is 2.48. The van der Waals surface area contributed by atoms with Crippen LogP contribution in [0.2, 0.25) is 0 Å². The molecule has 0 aromatic carbocycles. The first-order valence-electron chi connectivity index (χ1n) is 6.31. The summed E-state index contributed by atoms with van der Waals surface area (Å²) in [6.07, 6.45) is 8.51. The van der Waals surface area contributed by atoms with Crippen LogP contribution in [0.15, 0.2) is 0 Å². The van der Waals surface area contributed by atoms with E-state index in [1.807, 2.05) is 0 Å². The minimum Gasteiger partial charge on any atom is -0.313 e. The maximum Gasteiger partial charge on any atom is 0.0118 e. The second kappa shape index (κ2) is 3.52. The second-order valence-corrected chi connectivity index (χ2v) is 6.17. The van der Waals surface area contributed by atoms with E-state index in [2.05, 4.69) is 26.1 Å². The summed E-state index contributed by atoms with van der Waals surface area (Å²) in [5, 5.41) is 3.83. The Hall–Kier alpha value is -0.0400. The lowest BCUT2D eigenvalue weighted by Gasteiger charge is -2.29. The zero-order valence-corrected chi connectivity index (χ0v) is 10.0. The molecule has 0 aromatic heterocycles. The quantitative estimate of drug-likeness (QED) is 0.725. The van der Waals surface area contributed by atoms with Crippen LogP contribution in [0.5, 0.6) is 0 Å². The monoisotopic (exact) mass is 195 g/mol. The summed E-state index contributed by atoms with van der Waals surface area (Å²) < 4.78 is 0. The standard InChI is InChI=1S/C13H25N/c1-4-13(8-9-13)10-14-11-6-5-7-12(11,2)3/h11,14H,4-10H2,1-3H3. The third kappa shape index (κ3) is 1.98. The molecule has 0 heterocycles. The van der Waals surface area contributed by atoms with Crippen molar-refractivity contribution in [3.05, 3.63) is 0 Å². The summed E-state index contributed by atoms with van der Waals surface area (Å²) in [5.41, 5.74) is 1.25. The van der Waals surface area contributed by atoms with Crippen LogP contribution in [-0.2, 0) is 0 Å². The third-order valence-corrected chi connectivity index (χ3v) is 4.69. The summed E-state index contributed by atoms with van der Waals surface area (Å²) in [5.74, 6) is 0. The van der Waals surface area contributed by atoms with Crippen LogP contribution in [0, 0.1) is 10.8 Å². The van der Waals surface area contributed by atoms with Gasteiger partial charge in [0.2, 0.25) is 0 Å². The highest BCUT2D eigenvalue weighted by Gasteiger charge is 2.42. The number of rotatable bonds is 4. The molecule has 2 rings (SSSR count). The lowest BCUT2D eigenvalue weighted by atomic mass is 9.87. The maximum atomic E-state index is 3.83. The smallest absolute Gasteiger partial charge is 0.0118 e. The van der Waals surface area contributed by atoms with Gasteiger partial charge in [0.25, 0.3) is 0 Å². The van der Waals surface area contributed by atoms with Crippen molar-refractivity contribution in [1.29, 1.82) is 0 Å². The number of hydrogen-bond donors (Lipinski definition) is 1. The van der Waals surface area contributed by atoms with Crippen molar-refractivity contribution >= 4 is 0 Å². The molecule has 0 spiro atoms. The van der Waals surface area contributed by atoms with E-state index < -0.39 is 0 Å². The molecule has 2 aliphatic carbocycles. The van der Waals surface area contributed by atoms with E-state index in [-0.39, 0.29) is 0 Å². The van der Waals surface area contributed by atoms with Crippen LogP contribution in [0.1, 0.15) is 59.3 Å². The molecular formula is C13H25N. The molecule has 0 amide bonds. The fourth-order valence-corrected chi connectivity index (χ4v) is 2.88. The van der Waals surface area contributed by atoms with Crippen LogP contribution in [0.4, 0.5) is 0 Å². The molecule has 0 bridgehead atoms. The summed E-state index contributed by atoms with van der Waals surface area (Å²) >= 11 is 0. The molecule has 82 valence electrons. The predicted octanol–water partition coefficient (Wildman–Crippen LogP) is 3.34. The van der Waals surface area contributed by atoms with Crippen molar-refractivity contribution in [3.8, 4) is 0 Å². The predicted molar refractivity (Wildman–Crippen MR) is 61.4 cm³/mol. The first-order chi connectivity index (χ1) is 6.58. The Balaban J connectivity index is 1.80. The van der Waals surface area contributed by atoms with Crippen LogP contribution in [-0.4, -0.2) is 12.6 Å². The fourth-order valence-electron chi connectivity index (χ4n) is 2.88. The van der Waals surface area contributed by atoms with Crippen molar-refractivity contribution in [3.63, 3.8) is 0 Å². The Morgan fingerprint density at radius 2 is 1.93 bits per heavy atom. The van der Waals surface area contributed by atoms with Gasteiger partial charge in [0.05, 0.1) is 0 Å². The molecule has 2 fully saturated rings. The van der Waals surface area contributed by atoms with E-state index in [0.717, 1.165) is 6.04 Å². The van der Waals surface area contributed by atoms with Gasteiger partial charge in [-0.05, 0) is 42.9 Å².